The summed E-state index contributed by atoms with van der Waals surface area (Å²) >= 11 is 0. The van der Waals surface area contributed by atoms with Crippen molar-refractivity contribution >= 4 is 34.8 Å². The fourth-order valence-corrected chi connectivity index (χ4v) is 4.65. The Balaban J connectivity index is 1.29. The van der Waals surface area contributed by atoms with E-state index in [0.29, 0.717) is 13.1 Å². The SMILES string of the molecule is CCc1ccccc1NC(=O)C1CC(=O)N(c2ccc3c(c2)CCN3C(=O)C2CC2)C1. The van der Waals surface area contributed by atoms with Gasteiger partial charge in [0.05, 0.1) is 5.92 Å². The zero-order chi connectivity index (χ0) is 21.5. The van der Waals surface area contributed by atoms with Crippen molar-refractivity contribution in [3.8, 4) is 0 Å². The third-order valence-electron chi connectivity index (χ3n) is 6.61. The number of amides is 3. The third kappa shape index (κ3) is 3.71. The van der Waals surface area contributed by atoms with Crippen LogP contribution < -0.4 is 15.1 Å². The Hall–Kier alpha value is -3.15. The largest absolute Gasteiger partial charge is 0.326 e. The number of hydrogen-bond acceptors (Lipinski definition) is 3. The maximum Gasteiger partial charge on any atom is 0.230 e. The first-order valence-electron chi connectivity index (χ1n) is 11.2. The van der Waals surface area contributed by atoms with E-state index < -0.39 is 0 Å². The Bertz CT molecular complexity index is 1060. The number of nitrogens with one attached hydrogen (secondary N) is 1. The highest BCUT2D eigenvalue weighted by atomic mass is 16.2. The van der Waals surface area contributed by atoms with Gasteiger partial charge in [0.25, 0.3) is 0 Å². The standard InChI is InChI=1S/C25H27N3O3/c1-2-16-5-3-4-6-21(16)26-24(30)19-14-23(29)28(15-19)20-9-10-22-18(13-20)11-12-27(22)25(31)17-7-8-17/h3-6,9-10,13,17,19H,2,7-8,11-12,14-15H2,1H3,(H,26,30). The minimum absolute atomic E-state index is 0.0345. The van der Waals surface area contributed by atoms with E-state index in [2.05, 4.69) is 12.2 Å². The maximum absolute atomic E-state index is 12.8. The summed E-state index contributed by atoms with van der Waals surface area (Å²) in [6.45, 7) is 3.14. The second-order valence-electron chi connectivity index (χ2n) is 8.73. The first-order valence-corrected chi connectivity index (χ1v) is 11.2. The molecular weight excluding hydrogens is 390 g/mol. The first kappa shape index (κ1) is 19.8. The number of nitrogens with zero attached hydrogens (tertiary/aromatic N) is 2. The number of aryl methyl sites for hydroxylation is 1. The molecule has 1 aliphatic carbocycles. The number of hydrogen-bond donors (Lipinski definition) is 1. The lowest BCUT2D eigenvalue weighted by Gasteiger charge is -2.20. The summed E-state index contributed by atoms with van der Waals surface area (Å²) in [5, 5.41) is 3.01. The van der Waals surface area contributed by atoms with Crippen LogP contribution in [-0.4, -0.2) is 30.8 Å². The van der Waals surface area contributed by atoms with Crippen molar-refractivity contribution in [2.75, 3.05) is 28.2 Å². The van der Waals surface area contributed by atoms with Crippen LogP contribution in [0.5, 0.6) is 0 Å². The molecule has 2 fully saturated rings. The van der Waals surface area contributed by atoms with Gasteiger partial charge in [0.2, 0.25) is 17.7 Å². The molecule has 5 rings (SSSR count). The van der Waals surface area contributed by atoms with E-state index in [-0.39, 0.29) is 36.0 Å². The highest BCUT2D eigenvalue weighted by Crippen LogP contribution is 2.38. The number of benzene rings is 2. The predicted octanol–water partition coefficient (Wildman–Crippen LogP) is 3.54. The van der Waals surface area contributed by atoms with Crippen LogP contribution in [0, 0.1) is 11.8 Å². The highest BCUT2D eigenvalue weighted by molar-refractivity contribution is 6.04. The summed E-state index contributed by atoms with van der Waals surface area (Å²) < 4.78 is 0. The lowest BCUT2D eigenvalue weighted by Crippen LogP contribution is -2.30. The van der Waals surface area contributed by atoms with Gasteiger partial charge in [0.1, 0.15) is 0 Å². The first-order chi connectivity index (χ1) is 15.0. The Morgan fingerprint density at radius 2 is 1.90 bits per heavy atom. The number of rotatable bonds is 5. The zero-order valence-corrected chi connectivity index (χ0v) is 17.8. The van der Waals surface area contributed by atoms with Crippen LogP contribution in [0.15, 0.2) is 42.5 Å². The van der Waals surface area contributed by atoms with Gasteiger partial charge in [-0.15, -0.1) is 0 Å². The molecule has 31 heavy (non-hydrogen) atoms. The quantitative estimate of drug-likeness (QED) is 0.809. The summed E-state index contributed by atoms with van der Waals surface area (Å²) in [5.74, 6) is -0.0961. The van der Waals surface area contributed by atoms with E-state index in [4.69, 9.17) is 0 Å². The minimum atomic E-state index is -0.376. The molecule has 0 spiro atoms. The van der Waals surface area contributed by atoms with Gasteiger partial charge >= 0.3 is 0 Å². The monoisotopic (exact) mass is 417 g/mol. The summed E-state index contributed by atoms with van der Waals surface area (Å²) in [6.07, 6.45) is 3.85. The van der Waals surface area contributed by atoms with Gasteiger partial charge in [-0.3, -0.25) is 14.4 Å². The average molecular weight is 418 g/mol. The van der Waals surface area contributed by atoms with E-state index >= 15 is 0 Å². The second-order valence-corrected chi connectivity index (χ2v) is 8.73. The van der Waals surface area contributed by atoms with Gasteiger partial charge in [-0.2, -0.15) is 0 Å². The molecule has 2 aromatic carbocycles. The van der Waals surface area contributed by atoms with Crippen LogP contribution >= 0.6 is 0 Å². The van der Waals surface area contributed by atoms with Crippen LogP contribution in [0.1, 0.15) is 37.3 Å². The van der Waals surface area contributed by atoms with Gasteiger partial charge in [-0.25, -0.2) is 0 Å². The van der Waals surface area contributed by atoms with E-state index in [0.717, 1.165) is 53.9 Å². The van der Waals surface area contributed by atoms with Crippen LogP contribution in [0.3, 0.4) is 0 Å². The van der Waals surface area contributed by atoms with E-state index in [1.165, 1.54) is 0 Å². The van der Waals surface area contributed by atoms with Crippen LogP contribution in [0.2, 0.25) is 0 Å². The topological polar surface area (TPSA) is 69.7 Å². The molecule has 2 aromatic rings. The van der Waals surface area contributed by atoms with Gasteiger partial charge < -0.3 is 15.1 Å². The molecule has 3 aliphatic rings. The summed E-state index contributed by atoms with van der Waals surface area (Å²) in [4.78, 5) is 41.7. The maximum atomic E-state index is 12.8. The number of carbonyl (C=O) groups is 3. The van der Waals surface area contributed by atoms with Crippen molar-refractivity contribution in [3.05, 3.63) is 53.6 Å². The molecule has 1 atom stereocenters. The third-order valence-corrected chi connectivity index (χ3v) is 6.61. The lowest BCUT2D eigenvalue weighted by molar-refractivity contribution is -0.122. The molecule has 0 bridgehead atoms. The van der Waals surface area contributed by atoms with Crippen molar-refractivity contribution in [2.24, 2.45) is 11.8 Å². The molecule has 0 aromatic heterocycles. The number of anilines is 3. The van der Waals surface area contributed by atoms with Crippen molar-refractivity contribution in [1.29, 1.82) is 0 Å². The normalized spacial score (nSPS) is 20.2. The summed E-state index contributed by atoms with van der Waals surface area (Å²) in [6, 6.07) is 13.6. The van der Waals surface area contributed by atoms with E-state index in [1.54, 1.807) is 4.90 Å². The van der Waals surface area contributed by atoms with Crippen LogP contribution in [-0.2, 0) is 27.2 Å². The van der Waals surface area contributed by atoms with Gasteiger partial charge in [-0.1, -0.05) is 25.1 Å². The van der Waals surface area contributed by atoms with Gasteiger partial charge in [0.15, 0.2) is 0 Å². The molecule has 0 radical (unpaired) electrons. The molecule has 1 saturated heterocycles. The van der Waals surface area contributed by atoms with Gasteiger partial charge in [-0.05, 0) is 61.1 Å². The Kier molecular flexibility index (Phi) is 5.00. The molecular formula is C25H27N3O3. The molecule has 2 aliphatic heterocycles. The molecule has 6 heteroatoms. The summed E-state index contributed by atoms with van der Waals surface area (Å²) in [5.41, 5.74) is 4.79. The molecule has 1 N–H and O–H groups in total. The van der Waals surface area contributed by atoms with Crippen LogP contribution in [0.25, 0.3) is 0 Å². The van der Waals surface area contributed by atoms with Gasteiger partial charge in [0, 0.05) is 42.5 Å². The van der Waals surface area contributed by atoms with Crippen LogP contribution in [0.4, 0.5) is 17.1 Å². The van der Waals surface area contributed by atoms with Crippen molar-refractivity contribution in [1.82, 2.24) is 0 Å². The minimum Gasteiger partial charge on any atom is -0.326 e. The second kappa shape index (κ2) is 7.84. The number of carbonyl (C=O) groups excluding carboxylic acids is 3. The fourth-order valence-electron chi connectivity index (χ4n) is 4.65. The van der Waals surface area contributed by atoms with Crippen molar-refractivity contribution in [2.45, 2.75) is 39.0 Å². The molecule has 1 unspecified atom stereocenters. The molecule has 160 valence electrons. The Morgan fingerprint density at radius 1 is 1.10 bits per heavy atom. The smallest absolute Gasteiger partial charge is 0.230 e. The molecule has 1 saturated carbocycles. The average Bonchev–Trinajstić information content (AvgIpc) is 3.43. The number of para-hydroxylation sites is 1. The van der Waals surface area contributed by atoms with Crippen molar-refractivity contribution < 1.29 is 14.4 Å². The lowest BCUT2D eigenvalue weighted by atomic mass is 10.1. The Labute approximate surface area is 182 Å². The van der Waals surface area contributed by atoms with Crippen molar-refractivity contribution in [3.63, 3.8) is 0 Å². The molecule has 2 heterocycles. The summed E-state index contributed by atoms with van der Waals surface area (Å²) in [7, 11) is 0. The zero-order valence-electron chi connectivity index (χ0n) is 17.8. The number of fused-ring (bicyclic) bond motifs is 1. The predicted molar refractivity (Wildman–Crippen MR) is 120 cm³/mol. The van der Waals surface area contributed by atoms with E-state index in [1.807, 2.05) is 47.4 Å². The Morgan fingerprint density at radius 3 is 2.68 bits per heavy atom. The molecule has 6 nitrogen and oxygen atoms in total. The fraction of sp³-hybridized carbons (Fsp3) is 0.400. The molecule has 3 amide bonds. The van der Waals surface area contributed by atoms with E-state index in [9.17, 15) is 14.4 Å². The highest BCUT2D eigenvalue weighted by Gasteiger charge is 2.38.